The zero-order valence-electron chi connectivity index (χ0n) is 17.0. The third-order valence-corrected chi connectivity index (χ3v) is 5.49. The molecule has 6 rings (SSSR count). The minimum absolute atomic E-state index is 0.630. The molecule has 148 valence electrons. The van der Waals surface area contributed by atoms with Gasteiger partial charge in [-0.05, 0) is 12.5 Å². The minimum atomic E-state index is 0.630. The highest BCUT2D eigenvalue weighted by Crippen LogP contribution is 2.24. The summed E-state index contributed by atoms with van der Waals surface area (Å²) in [7, 11) is 0. The van der Waals surface area contributed by atoms with E-state index in [1.807, 2.05) is 51.5 Å². The Kier molecular flexibility index (Phi) is 3.93. The number of benzene rings is 3. The van der Waals surface area contributed by atoms with Crippen LogP contribution < -0.4 is 9.61 Å². The molecule has 31 heavy (non-hydrogen) atoms. The highest BCUT2D eigenvalue weighted by atomic mass is 15.4. The Morgan fingerprint density at radius 3 is 2.06 bits per heavy atom. The zero-order chi connectivity index (χ0) is 20.8. The molecule has 0 radical (unpaired) electrons. The Morgan fingerprint density at radius 2 is 1.35 bits per heavy atom. The highest BCUT2D eigenvalue weighted by molar-refractivity contribution is 5.68. The number of hydrogen-bond acceptors (Lipinski definition) is 2. The van der Waals surface area contributed by atoms with Gasteiger partial charge in [-0.15, -0.1) is 0 Å². The summed E-state index contributed by atoms with van der Waals surface area (Å²) >= 11 is 0. The molecule has 0 atom stereocenters. The normalized spacial score (nSPS) is 11.4. The Balaban J connectivity index is 1.62. The van der Waals surface area contributed by atoms with E-state index in [1.165, 1.54) is 5.56 Å². The molecule has 0 amide bonds. The van der Waals surface area contributed by atoms with E-state index in [4.69, 9.17) is 15.1 Å². The number of rotatable bonds is 3. The molecular formula is C26H19N5. The lowest BCUT2D eigenvalue weighted by Crippen LogP contribution is -2.30. The molecule has 3 heterocycles. The first-order valence-corrected chi connectivity index (χ1v) is 10.2. The van der Waals surface area contributed by atoms with Gasteiger partial charge in [0.25, 0.3) is 0 Å². The molecule has 0 N–H and O–H groups in total. The van der Waals surface area contributed by atoms with Crippen molar-refractivity contribution in [2.45, 2.75) is 6.92 Å². The van der Waals surface area contributed by atoms with Crippen LogP contribution in [-0.4, -0.2) is 14.4 Å². The number of imidazole rings is 1. The summed E-state index contributed by atoms with van der Waals surface area (Å²) in [6.07, 6.45) is 2.01. The average molecular weight is 401 g/mol. The third-order valence-electron chi connectivity index (χ3n) is 5.49. The van der Waals surface area contributed by atoms with E-state index >= 15 is 0 Å². The highest BCUT2D eigenvalue weighted by Gasteiger charge is 2.20. The lowest BCUT2D eigenvalue weighted by molar-refractivity contribution is -0.572. The van der Waals surface area contributed by atoms with Crippen molar-refractivity contribution >= 4 is 11.6 Å². The van der Waals surface area contributed by atoms with Crippen LogP contribution in [0.3, 0.4) is 0 Å². The molecule has 3 aromatic heterocycles. The molecular weight excluding hydrogens is 382 g/mol. The maximum atomic E-state index is 4.96. The smallest absolute Gasteiger partial charge is 0.327 e. The summed E-state index contributed by atoms with van der Waals surface area (Å²) in [5, 5.41) is 4.80. The fourth-order valence-electron chi connectivity index (χ4n) is 3.85. The van der Waals surface area contributed by atoms with E-state index in [2.05, 4.69) is 61.5 Å². The summed E-state index contributed by atoms with van der Waals surface area (Å²) in [6, 6.07) is 31.0. The first kappa shape index (κ1) is 17.6. The second-order valence-corrected chi connectivity index (χ2v) is 7.63. The molecule has 0 saturated heterocycles. The maximum Gasteiger partial charge on any atom is 0.417 e. The molecule has 0 aliphatic rings. The monoisotopic (exact) mass is 401 g/mol. The van der Waals surface area contributed by atoms with Crippen molar-refractivity contribution in [2.24, 2.45) is 0 Å². The second kappa shape index (κ2) is 6.92. The van der Waals surface area contributed by atoms with Gasteiger partial charge < -0.3 is 4.98 Å². The molecule has 3 aromatic carbocycles. The SMILES string of the molecule is Cc1ccc(-c2cn3c(n2)[n-][n+]2c(-c4ccccc4)cc(-c4ccccc4)nc32)cc1. The van der Waals surface area contributed by atoms with Crippen molar-refractivity contribution < 1.29 is 4.52 Å². The summed E-state index contributed by atoms with van der Waals surface area (Å²) < 4.78 is 3.84. The molecule has 0 aliphatic carbocycles. The number of aryl methyl sites for hydroxylation is 1. The topological polar surface area (TPSA) is 48.4 Å². The lowest BCUT2D eigenvalue weighted by atomic mass is 10.1. The molecule has 5 heteroatoms. The van der Waals surface area contributed by atoms with Crippen molar-refractivity contribution in [1.82, 2.24) is 19.5 Å². The maximum absolute atomic E-state index is 4.96. The molecule has 0 fully saturated rings. The Hall–Kier alpha value is -4.25. The molecule has 0 unspecified atom stereocenters. The van der Waals surface area contributed by atoms with Gasteiger partial charge in [0, 0.05) is 22.9 Å². The third kappa shape index (κ3) is 2.99. The van der Waals surface area contributed by atoms with Gasteiger partial charge in [-0.25, -0.2) is 0 Å². The van der Waals surface area contributed by atoms with E-state index in [0.29, 0.717) is 5.78 Å². The van der Waals surface area contributed by atoms with E-state index < -0.39 is 0 Å². The first-order chi connectivity index (χ1) is 15.3. The molecule has 5 nitrogen and oxygen atoms in total. The summed E-state index contributed by atoms with van der Waals surface area (Å²) in [6.45, 7) is 2.08. The van der Waals surface area contributed by atoms with E-state index in [-0.39, 0.29) is 0 Å². The van der Waals surface area contributed by atoms with Gasteiger partial charge in [0.15, 0.2) is 11.5 Å². The van der Waals surface area contributed by atoms with Crippen LogP contribution in [0.25, 0.3) is 45.3 Å². The van der Waals surface area contributed by atoms with Gasteiger partial charge in [-0.1, -0.05) is 95.5 Å². The summed E-state index contributed by atoms with van der Waals surface area (Å²) in [5.74, 6) is 1.37. The Labute approximate surface area is 179 Å². The molecule has 0 aliphatic heterocycles. The quantitative estimate of drug-likeness (QED) is 0.403. The van der Waals surface area contributed by atoms with Gasteiger partial charge in [0.1, 0.15) is 5.69 Å². The van der Waals surface area contributed by atoms with Gasteiger partial charge in [-0.2, -0.15) is 14.0 Å². The number of nitrogens with zero attached hydrogens (tertiary/aromatic N) is 5. The molecule has 0 bridgehead atoms. The van der Waals surface area contributed by atoms with Crippen molar-refractivity contribution in [3.63, 3.8) is 0 Å². The average Bonchev–Trinajstić information content (AvgIpc) is 3.39. The van der Waals surface area contributed by atoms with Crippen LogP contribution in [0.2, 0.25) is 0 Å². The van der Waals surface area contributed by atoms with Crippen LogP contribution in [0.1, 0.15) is 5.56 Å². The molecule has 6 aromatic rings. The van der Waals surface area contributed by atoms with Gasteiger partial charge in [0.2, 0.25) is 0 Å². The van der Waals surface area contributed by atoms with Crippen LogP contribution >= 0.6 is 0 Å². The second-order valence-electron chi connectivity index (χ2n) is 7.63. The van der Waals surface area contributed by atoms with Crippen LogP contribution in [0, 0.1) is 6.92 Å². The van der Waals surface area contributed by atoms with Crippen LogP contribution in [0.15, 0.2) is 97.2 Å². The van der Waals surface area contributed by atoms with E-state index in [1.54, 1.807) is 0 Å². The molecule has 0 saturated carbocycles. The van der Waals surface area contributed by atoms with Crippen LogP contribution in [-0.2, 0) is 0 Å². The Bertz CT molecular complexity index is 1510. The van der Waals surface area contributed by atoms with Gasteiger partial charge >= 0.3 is 5.78 Å². The van der Waals surface area contributed by atoms with E-state index in [9.17, 15) is 0 Å². The van der Waals surface area contributed by atoms with Crippen molar-refractivity contribution in [1.29, 1.82) is 0 Å². The zero-order valence-corrected chi connectivity index (χ0v) is 17.0. The molecule has 0 spiro atoms. The van der Waals surface area contributed by atoms with Crippen molar-refractivity contribution in [3.8, 4) is 33.8 Å². The predicted molar refractivity (Wildman–Crippen MR) is 121 cm³/mol. The van der Waals surface area contributed by atoms with Gasteiger partial charge in [0.05, 0.1) is 6.20 Å². The standard InChI is InChI=1S/C26H19N5/c1-18-12-14-20(15-13-18)23-17-30-25(27-23)29-31-24(21-10-6-3-7-11-21)16-22(28-26(30)31)19-8-4-2-5-9-19/h2-17H,1H3. The number of fused-ring (bicyclic) bond motifs is 3. The fraction of sp³-hybridized carbons (Fsp3) is 0.0385. The van der Waals surface area contributed by atoms with Crippen molar-refractivity contribution in [2.75, 3.05) is 0 Å². The number of hydrogen-bond donors (Lipinski definition) is 0. The summed E-state index contributed by atoms with van der Waals surface area (Å²) in [4.78, 5) is 9.74. The minimum Gasteiger partial charge on any atom is -0.327 e. The van der Waals surface area contributed by atoms with Gasteiger partial charge in [-0.3, -0.25) is 0 Å². The summed E-state index contributed by atoms with van der Waals surface area (Å²) in [5.41, 5.74) is 7.20. The first-order valence-electron chi connectivity index (χ1n) is 10.2. The van der Waals surface area contributed by atoms with Crippen LogP contribution in [0.5, 0.6) is 0 Å². The predicted octanol–water partition coefficient (Wildman–Crippen LogP) is 4.73. The lowest BCUT2D eigenvalue weighted by Gasteiger charge is -2.04. The number of aromatic nitrogens is 5. The van der Waals surface area contributed by atoms with Crippen LogP contribution in [0.4, 0.5) is 0 Å². The van der Waals surface area contributed by atoms with Crippen molar-refractivity contribution in [3.05, 3.63) is 103 Å². The fourth-order valence-corrected chi connectivity index (χ4v) is 3.85. The largest absolute Gasteiger partial charge is 0.417 e. The van der Waals surface area contributed by atoms with E-state index in [0.717, 1.165) is 39.5 Å². The Morgan fingerprint density at radius 1 is 0.710 bits per heavy atom.